The van der Waals surface area contributed by atoms with Gasteiger partial charge in [-0.05, 0) is 24.1 Å². The molecule has 0 radical (unpaired) electrons. The van der Waals surface area contributed by atoms with Crippen LogP contribution in [0.25, 0.3) is 0 Å². The van der Waals surface area contributed by atoms with E-state index in [2.05, 4.69) is 29.5 Å². The van der Waals surface area contributed by atoms with Crippen molar-refractivity contribution in [1.29, 1.82) is 0 Å². The molecule has 0 spiro atoms. The first kappa shape index (κ1) is 12.7. The van der Waals surface area contributed by atoms with Gasteiger partial charge >= 0.3 is 0 Å². The highest BCUT2D eigenvalue weighted by Crippen LogP contribution is 2.28. The molecule has 0 bridgehead atoms. The van der Waals surface area contributed by atoms with Crippen molar-refractivity contribution in [2.45, 2.75) is 19.8 Å². The number of benzene rings is 1. The van der Waals surface area contributed by atoms with Crippen LogP contribution in [0.3, 0.4) is 0 Å². The molecule has 1 aromatic heterocycles. The molecule has 0 aliphatic carbocycles. The van der Waals surface area contributed by atoms with Crippen molar-refractivity contribution in [3.8, 4) is 5.75 Å². The van der Waals surface area contributed by atoms with E-state index in [-0.39, 0.29) is 0 Å². The standard InChI is InChI=1S/C13H17N3OS/c1-8(2)11-7-18-13(16-11)15-9-4-5-12(17-3)10(14)6-9/h4-8H,14H2,1-3H3,(H,15,16). The lowest BCUT2D eigenvalue weighted by atomic mass is 10.2. The monoisotopic (exact) mass is 263 g/mol. The van der Waals surface area contributed by atoms with E-state index in [1.54, 1.807) is 18.4 Å². The van der Waals surface area contributed by atoms with Gasteiger partial charge in [0.05, 0.1) is 18.5 Å². The van der Waals surface area contributed by atoms with Gasteiger partial charge < -0.3 is 15.8 Å². The van der Waals surface area contributed by atoms with Gasteiger partial charge in [-0.15, -0.1) is 11.3 Å². The normalized spacial score (nSPS) is 10.7. The van der Waals surface area contributed by atoms with Crippen molar-refractivity contribution >= 4 is 27.8 Å². The number of nitrogen functional groups attached to an aromatic ring is 1. The Morgan fingerprint density at radius 1 is 1.39 bits per heavy atom. The molecule has 0 aliphatic rings. The molecule has 1 heterocycles. The fourth-order valence-electron chi connectivity index (χ4n) is 1.54. The number of anilines is 3. The molecule has 0 unspecified atom stereocenters. The van der Waals surface area contributed by atoms with Crippen molar-refractivity contribution < 1.29 is 4.74 Å². The number of nitrogens with one attached hydrogen (secondary N) is 1. The third kappa shape index (κ3) is 2.73. The Morgan fingerprint density at radius 3 is 2.72 bits per heavy atom. The van der Waals surface area contributed by atoms with Crippen LogP contribution in [-0.2, 0) is 0 Å². The van der Waals surface area contributed by atoms with Gasteiger partial charge in [0.15, 0.2) is 5.13 Å². The van der Waals surface area contributed by atoms with E-state index >= 15 is 0 Å². The zero-order chi connectivity index (χ0) is 13.1. The van der Waals surface area contributed by atoms with E-state index in [1.807, 2.05) is 18.2 Å². The van der Waals surface area contributed by atoms with Gasteiger partial charge in [-0.25, -0.2) is 4.98 Å². The molecule has 5 heteroatoms. The van der Waals surface area contributed by atoms with Crippen molar-refractivity contribution in [3.05, 3.63) is 29.3 Å². The lowest BCUT2D eigenvalue weighted by molar-refractivity contribution is 0.417. The lowest BCUT2D eigenvalue weighted by Gasteiger charge is -2.07. The van der Waals surface area contributed by atoms with Gasteiger partial charge in [-0.3, -0.25) is 0 Å². The first-order valence-electron chi connectivity index (χ1n) is 5.76. The number of methoxy groups -OCH3 is 1. The van der Waals surface area contributed by atoms with Gasteiger partial charge in [-0.2, -0.15) is 0 Å². The quantitative estimate of drug-likeness (QED) is 0.827. The highest BCUT2D eigenvalue weighted by Gasteiger charge is 2.06. The van der Waals surface area contributed by atoms with Crippen molar-refractivity contribution in [3.63, 3.8) is 0 Å². The van der Waals surface area contributed by atoms with Gasteiger partial charge in [-0.1, -0.05) is 13.8 Å². The summed E-state index contributed by atoms with van der Waals surface area (Å²) in [6.07, 6.45) is 0. The molecule has 0 atom stereocenters. The highest BCUT2D eigenvalue weighted by atomic mass is 32.1. The summed E-state index contributed by atoms with van der Waals surface area (Å²) in [5.74, 6) is 1.13. The van der Waals surface area contributed by atoms with Gasteiger partial charge in [0.25, 0.3) is 0 Å². The minimum absolute atomic E-state index is 0.442. The van der Waals surface area contributed by atoms with Crippen LogP contribution in [0.2, 0.25) is 0 Å². The minimum atomic E-state index is 0.442. The maximum absolute atomic E-state index is 5.86. The summed E-state index contributed by atoms with van der Waals surface area (Å²) in [7, 11) is 1.61. The number of hydrogen-bond acceptors (Lipinski definition) is 5. The van der Waals surface area contributed by atoms with Crippen molar-refractivity contribution in [1.82, 2.24) is 4.98 Å². The predicted octanol–water partition coefficient (Wildman–Crippen LogP) is 3.60. The fraction of sp³-hybridized carbons (Fsp3) is 0.308. The highest BCUT2D eigenvalue weighted by molar-refractivity contribution is 7.13. The molecule has 3 N–H and O–H groups in total. The third-order valence-corrected chi connectivity index (χ3v) is 3.37. The Labute approximate surface area is 111 Å². The second kappa shape index (κ2) is 5.27. The van der Waals surface area contributed by atoms with Gasteiger partial charge in [0, 0.05) is 11.1 Å². The van der Waals surface area contributed by atoms with Crippen molar-refractivity contribution in [2.75, 3.05) is 18.2 Å². The third-order valence-electron chi connectivity index (χ3n) is 2.59. The topological polar surface area (TPSA) is 60.2 Å². The SMILES string of the molecule is COc1ccc(Nc2nc(C(C)C)cs2)cc1N. The summed E-state index contributed by atoms with van der Waals surface area (Å²) in [4.78, 5) is 4.51. The second-order valence-corrected chi connectivity index (χ2v) is 5.17. The molecular formula is C13H17N3OS. The molecule has 18 heavy (non-hydrogen) atoms. The zero-order valence-electron chi connectivity index (χ0n) is 10.7. The van der Waals surface area contributed by atoms with Crippen LogP contribution < -0.4 is 15.8 Å². The van der Waals surface area contributed by atoms with Gasteiger partial charge in [0.1, 0.15) is 5.75 Å². The van der Waals surface area contributed by atoms with Crippen LogP contribution in [0.5, 0.6) is 5.75 Å². The summed E-state index contributed by atoms with van der Waals surface area (Å²) in [5, 5.41) is 6.19. The molecular weight excluding hydrogens is 246 g/mol. The van der Waals surface area contributed by atoms with E-state index < -0.39 is 0 Å². The fourth-order valence-corrected chi connectivity index (χ4v) is 2.44. The van der Waals surface area contributed by atoms with Crippen LogP contribution in [-0.4, -0.2) is 12.1 Å². The van der Waals surface area contributed by atoms with Crippen molar-refractivity contribution in [2.24, 2.45) is 0 Å². The molecule has 4 nitrogen and oxygen atoms in total. The first-order valence-corrected chi connectivity index (χ1v) is 6.64. The predicted molar refractivity (Wildman–Crippen MR) is 76.9 cm³/mol. The molecule has 0 aliphatic heterocycles. The molecule has 0 fully saturated rings. The largest absolute Gasteiger partial charge is 0.495 e. The summed E-state index contributed by atoms with van der Waals surface area (Å²) < 4.78 is 5.12. The van der Waals surface area contributed by atoms with E-state index in [0.29, 0.717) is 17.4 Å². The molecule has 96 valence electrons. The Morgan fingerprint density at radius 2 is 2.17 bits per heavy atom. The Bertz CT molecular complexity index is 537. The smallest absolute Gasteiger partial charge is 0.187 e. The number of aromatic nitrogens is 1. The maximum Gasteiger partial charge on any atom is 0.187 e. The average Bonchev–Trinajstić information content (AvgIpc) is 2.78. The Balaban J connectivity index is 2.15. The summed E-state index contributed by atoms with van der Waals surface area (Å²) in [6.45, 7) is 4.26. The molecule has 0 amide bonds. The molecule has 0 saturated heterocycles. The van der Waals surface area contributed by atoms with Crippen LogP contribution in [0.4, 0.5) is 16.5 Å². The Kier molecular flexibility index (Phi) is 3.72. The van der Waals surface area contributed by atoms with Crippen LogP contribution >= 0.6 is 11.3 Å². The van der Waals surface area contributed by atoms with Crippen LogP contribution in [0, 0.1) is 0 Å². The molecule has 1 aromatic carbocycles. The summed E-state index contributed by atoms with van der Waals surface area (Å²) >= 11 is 1.59. The number of nitrogens with two attached hydrogens (primary N) is 1. The average molecular weight is 263 g/mol. The number of rotatable bonds is 4. The number of ether oxygens (including phenoxy) is 1. The van der Waals surface area contributed by atoms with Crippen LogP contribution in [0.15, 0.2) is 23.6 Å². The van der Waals surface area contributed by atoms with Crippen LogP contribution in [0.1, 0.15) is 25.5 Å². The molecule has 2 rings (SSSR count). The number of thiazole rings is 1. The van der Waals surface area contributed by atoms with Gasteiger partial charge in [0.2, 0.25) is 0 Å². The molecule has 0 saturated carbocycles. The van der Waals surface area contributed by atoms with E-state index in [0.717, 1.165) is 16.5 Å². The molecule has 2 aromatic rings. The minimum Gasteiger partial charge on any atom is -0.495 e. The van der Waals surface area contributed by atoms with E-state index in [1.165, 1.54) is 0 Å². The first-order chi connectivity index (χ1) is 8.60. The van der Waals surface area contributed by atoms with E-state index in [9.17, 15) is 0 Å². The summed E-state index contributed by atoms with van der Waals surface area (Å²) in [6, 6.07) is 5.61. The lowest BCUT2D eigenvalue weighted by Crippen LogP contribution is -1.95. The zero-order valence-corrected chi connectivity index (χ0v) is 11.5. The number of hydrogen-bond donors (Lipinski definition) is 2. The number of nitrogens with zero attached hydrogens (tertiary/aromatic N) is 1. The second-order valence-electron chi connectivity index (χ2n) is 4.31. The van der Waals surface area contributed by atoms with E-state index in [4.69, 9.17) is 10.5 Å². The maximum atomic E-state index is 5.86. The summed E-state index contributed by atoms with van der Waals surface area (Å²) in [5.41, 5.74) is 8.49. The Hall–Kier alpha value is -1.75.